The predicted octanol–water partition coefficient (Wildman–Crippen LogP) is 2.05. The van der Waals surface area contributed by atoms with Gasteiger partial charge in [-0.3, -0.25) is 4.79 Å². The molecule has 0 saturated carbocycles. The van der Waals surface area contributed by atoms with Gasteiger partial charge in [-0.2, -0.15) is 4.68 Å². The Hall–Kier alpha value is -1.59. The SMILES string of the molecule is Nc1ncn(C(=O)Cc2c(Cl)cccc2Cl)n1. The van der Waals surface area contributed by atoms with Crippen molar-refractivity contribution in [1.82, 2.24) is 14.8 Å². The first-order chi connectivity index (χ1) is 8.08. The molecule has 0 spiro atoms. The van der Waals surface area contributed by atoms with Crippen LogP contribution >= 0.6 is 23.2 Å². The molecule has 0 radical (unpaired) electrons. The Labute approximate surface area is 107 Å². The predicted molar refractivity (Wildman–Crippen MR) is 65.2 cm³/mol. The van der Waals surface area contributed by atoms with Crippen molar-refractivity contribution in [3.05, 3.63) is 40.1 Å². The summed E-state index contributed by atoms with van der Waals surface area (Å²) < 4.78 is 1.06. The fourth-order valence-electron chi connectivity index (χ4n) is 1.33. The molecule has 1 heterocycles. The summed E-state index contributed by atoms with van der Waals surface area (Å²) in [5.74, 6) is -0.257. The maximum Gasteiger partial charge on any atom is 0.252 e. The van der Waals surface area contributed by atoms with E-state index in [9.17, 15) is 4.79 Å². The molecule has 0 amide bonds. The van der Waals surface area contributed by atoms with E-state index < -0.39 is 0 Å². The lowest BCUT2D eigenvalue weighted by Gasteiger charge is -2.05. The fraction of sp³-hybridized carbons (Fsp3) is 0.100. The van der Waals surface area contributed by atoms with Crippen molar-refractivity contribution in [1.29, 1.82) is 0 Å². The van der Waals surface area contributed by atoms with Crippen molar-refractivity contribution in [3.8, 4) is 0 Å². The molecule has 0 fully saturated rings. The van der Waals surface area contributed by atoms with Crippen LogP contribution < -0.4 is 5.73 Å². The summed E-state index contributed by atoms with van der Waals surface area (Å²) in [6.45, 7) is 0. The molecular weight excluding hydrogens is 263 g/mol. The monoisotopic (exact) mass is 270 g/mol. The van der Waals surface area contributed by atoms with Gasteiger partial charge in [0.2, 0.25) is 5.95 Å². The van der Waals surface area contributed by atoms with Gasteiger partial charge in [0.05, 0.1) is 6.42 Å². The number of hydrogen-bond donors (Lipinski definition) is 1. The van der Waals surface area contributed by atoms with Crippen LogP contribution in [0.2, 0.25) is 10.0 Å². The van der Waals surface area contributed by atoms with Gasteiger partial charge < -0.3 is 5.73 Å². The van der Waals surface area contributed by atoms with Gasteiger partial charge in [-0.1, -0.05) is 29.3 Å². The van der Waals surface area contributed by atoms with Crippen LogP contribution in [-0.2, 0) is 6.42 Å². The first-order valence-electron chi connectivity index (χ1n) is 4.71. The summed E-state index contributed by atoms with van der Waals surface area (Å²) in [5, 5.41) is 4.60. The van der Waals surface area contributed by atoms with E-state index in [0.29, 0.717) is 15.6 Å². The van der Waals surface area contributed by atoms with E-state index in [1.807, 2.05) is 0 Å². The maximum absolute atomic E-state index is 11.8. The molecule has 7 heteroatoms. The van der Waals surface area contributed by atoms with Crippen molar-refractivity contribution in [2.24, 2.45) is 0 Å². The largest absolute Gasteiger partial charge is 0.366 e. The summed E-state index contributed by atoms with van der Waals surface area (Å²) in [5.41, 5.74) is 5.89. The molecule has 0 saturated heterocycles. The van der Waals surface area contributed by atoms with Gasteiger partial charge in [0.15, 0.2) is 0 Å². The zero-order valence-electron chi connectivity index (χ0n) is 8.60. The Bertz CT molecular complexity index is 547. The van der Waals surface area contributed by atoms with Crippen LogP contribution in [0.5, 0.6) is 0 Å². The number of carbonyl (C=O) groups is 1. The van der Waals surface area contributed by atoms with Gasteiger partial charge in [0, 0.05) is 10.0 Å². The molecule has 0 aliphatic carbocycles. The maximum atomic E-state index is 11.8. The van der Waals surface area contributed by atoms with Crippen molar-refractivity contribution < 1.29 is 4.79 Å². The average Bonchev–Trinajstić information content (AvgIpc) is 2.70. The molecule has 0 aliphatic heterocycles. The van der Waals surface area contributed by atoms with Crippen LogP contribution in [0.25, 0.3) is 0 Å². The van der Waals surface area contributed by atoms with Crippen LogP contribution in [0, 0.1) is 0 Å². The topological polar surface area (TPSA) is 73.8 Å². The molecule has 1 aromatic heterocycles. The van der Waals surface area contributed by atoms with Gasteiger partial charge in [0.25, 0.3) is 5.91 Å². The highest BCUT2D eigenvalue weighted by molar-refractivity contribution is 6.36. The molecular formula is C10H8Cl2N4O. The number of rotatable bonds is 2. The number of nitrogen functional groups attached to an aromatic ring is 1. The molecule has 2 N–H and O–H groups in total. The highest BCUT2D eigenvalue weighted by Gasteiger charge is 2.13. The van der Waals surface area contributed by atoms with Gasteiger partial charge in [-0.05, 0) is 17.7 Å². The van der Waals surface area contributed by atoms with Crippen molar-refractivity contribution in [2.75, 3.05) is 5.73 Å². The fourth-order valence-corrected chi connectivity index (χ4v) is 1.86. The van der Waals surface area contributed by atoms with E-state index in [1.165, 1.54) is 6.33 Å². The van der Waals surface area contributed by atoms with Crippen LogP contribution in [0.1, 0.15) is 10.4 Å². The molecule has 0 bridgehead atoms. The van der Waals surface area contributed by atoms with Gasteiger partial charge in [0.1, 0.15) is 6.33 Å². The van der Waals surface area contributed by atoms with Crippen LogP contribution in [0.15, 0.2) is 24.5 Å². The Morgan fingerprint density at radius 1 is 1.35 bits per heavy atom. The summed E-state index contributed by atoms with van der Waals surface area (Å²) in [6, 6.07) is 5.06. The average molecular weight is 271 g/mol. The van der Waals surface area contributed by atoms with E-state index in [0.717, 1.165) is 4.68 Å². The standard InChI is InChI=1S/C10H8Cl2N4O/c11-7-2-1-3-8(12)6(7)4-9(17)16-5-14-10(13)15-16/h1-3,5H,4H2,(H2,13,15). The summed E-state index contributed by atoms with van der Waals surface area (Å²) >= 11 is 11.9. The molecule has 0 unspecified atom stereocenters. The summed E-state index contributed by atoms with van der Waals surface area (Å²) in [4.78, 5) is 15.5. The van der Waals surface area contributed by atoms with Gasteiger partial charge in [-0.15, -0.1) is 5.10 Å². The molecule has 88 valence electrons. The molecule has 0 aliphatic rings. The van der Waals surface area contributed by atoms with Crippen LogP contribution in [-0.4, -0.2) is 20.7 Å². The van der Waals surface area contributed by atoms with Crippen LogP contribution in [0.3, 0.4) is 0 Å². The van der Waals surface area contributed by atoms with Crippen LogP contribution in [0.4, 0.5) is 5.95 Å². The van der Waals surface area contributed by atoms with E-state index in [-0.39, 0.29) is 18.3 Å². The number of benzene rings is 1. The van der Waals surface area contributed by atoms with Gasteiger partial charge >= 0.3 is 0 Å². The normalized spacial score (nSPS) is 10.5. The van der Waals surface area contributed by atoms with E-state index in [4.69, 9.17) is 28.9 Å². The third-order valence-corrected chi connectivity index (χ3v) is 2.86. The zero-order valence-corrected chi connectivity index (χ0v) is 10.1. The lowest BCUT2D eigenvalue weighted by atomic mass is 10.1. The molecule has 2 rings (SSSR count). The Kier molecular flexibility index (Phi) is 3.31. The Balaban J connectivity index is 2.24. The van der Waals surface area contributed by atoms with E-state index in [1.54, 1.807) is 18.2 Å². The second-order valence-electron chi connectivity index (χ2n) is 3.32. The molecule has 17 heavy (non-hydrogen) atoms. The third kappa shape index (κ3) is 2.57. The molecule has 5 nitrogen and oxygen atoms in total. The lowest BCUT2D eigenvalue weighted by Crippen LogP contribution is -2.14. The Morgan fingerprint density at radius 2 is 2.00 bits per heavy atom. The zero-order chi connectivity index (χ0) is 12.4. The van der Waals surface area contributed by atoms with Crippen molar-refractivity contribution in [3.63, 3.8) is 0 Å². The number of halogens is 2. The minimum Gasteiger partial charge on any atom is -0.366 e. The Morgan fingerprint density at radius 3 is 2.53 bits per heavy atom. The van der Waals surface area contributed by atoms with Gasteiger partial charge in [-0.25, -0.2) is 4.98 Å². The van der Waals surface area contributed by atoms with Crippen molar-refractivity contribution in [2.45, 2.75) is 6.42 Å². The third-order valence-electron chi connectivity index (χ3n) is 2.15. The number of aromatic nitrogens is 3. The van der Waals surface area contributed by atoms with E-state index >= 15 is 0 Å². The number of nitrogens with zero attached hydrogens (tertiary/aromatic N) is 3. The highest BCUT2D eigenvalue weighted by Crippen LogP contribution is 2.24. The lowest BCUT2D eigenvalue weighted by molar-refractivity contribution is 0.0898. The summed E-state index contributed by atoms with van der Waals surface area (Å²) in [6.07, 6.45) is 1.30. The first-order valence-corrected chi connectivity index (χ1v) is 5.47. The number of nitrogens with two attached hydrogens (primary N) is 1. The quantitative estimate of drug-likeness (QED) is 0.907. The molecule has 2 aromatic rings. The highest BCUT2D eigenvalue weighted by atomic mass is 35.5. The second-order valence-corrected chi connectivity index (χ2v) is 4.13. The second kappa shape index (κ2) is 4.73. The molecule has 1 aromatic carbocycles. The minimum atomic E-state index is -0.302. The number of carbonyl (C=O) groups excluding carboxylic acids is 1. The summed E-state index contributed by atoms with van der Waals surface area (Å²) in [7, 11) is 0. The first kappa shape index (κ1) is 11.9. The number of hydrogen-bond acceptors (Lipinski definition) is 4. The smallest absolute Gasteiger partial charge is 0.252 e. The minimum absolute atomic E-state index is 0.0430. The number of anilines is 1. The van der Waals surface area contributed by atoms with Crippen molar-refractivity contribution >= 4 is 35.1 Å². The molecule has 0 atom stereocenters. The van der Waals surface area contributed by atoms with E-state index in [2.05, 4.69) is 10.1 Å².